The molecule has 12 nitrogen and oxygen atoms in total. The second kappa shape index (κ2) is 16.8. The highest BCUT2D eigenvalue weighted by atomic mass is 16.6. The van der Waals surface area contributed by atoms with Crippen molar-refractivity contribution < 1.29 is 38.1 Å². The van der Waals surface area contributed by atoms with Crippen molar-refractivity contribution in [1.82, 2.24) is 10.2 Å². The van der Waals surface area contributed by atoms with E-state index in [-0.39, 0.29) is 49.3 Å². The predicted molar refractivity (Wildman–Crippen MR) is 192 cm³/mol. The van der Waals surface area contributed by atoms with Crippen LogP contribution in [0.1, 0.15) is 94.4 Å². The van der Waals surface area contributed by atoms with Gasteiger partial charge in [0.2, 0.25) is 11.8 Å². The van der Waals surface area contributed by atoms with Gasteiger partial charge in [0.15, 0.2) is 5.60 Å². The molecule has 0 aromatic heterocycles. The summed E-state index contributed by atoms with van der Waals surface area (Å²) >= 11 is 0. The first-order valence-corrected chi connectivity index (χ1v) is 18.5. The Hall–Kier alpha value is -3.38. The number of rotatable bonds is 15. The molecule has 1 saturated carbocycles. The average molecular weight is 701 g/mol. The second-order valence-corrected chi connectivity index (χ2v) is 15.8. The van der Waals surface area contributed by atoms with Crippen molar-refractivity contribution in [2.75, 3.05) is 55.9 Å². The number of benzene rings is 1. The van der Waals surface area contributed by atoms with Crippen LogP contribution in [0, 0.1) is 17.8 Å². The van der Waals surface area contributed by atoms with Crippen LogP contribution in [0.15, 0.2) is 18.2 Å². The van der Waals surface area contributed by atoms with Gasteiger partial charge in [0, 0.05) is 44.6 Å². The number of anilines is 2. The predicted octanol–water partition coefficient (Wildman–Crippen LogP) is 5.55. The van der Waals surface area contributed by atoms with Crippen LogP contribution in [0.2, 0.25) is 0 Å². The number of carbonyl (C=O) groups excluding carboxylic acids is 4. The average Bonchev–Trinajstić information content (AvgIpc) is 3.87. The van der Waals surface area contributed by atoms with Gasteiger partial charge in [-0.25, -0.2) is 4.79 Å². The van der Waals surface area contributed by atoms with E-state index in [9.17, 15) is 19.2 Å². The van der Waals surface area contributed by atoms with E-state index in [0.29, 0.717) is 56.0 Å². The third-order valence-electron chi connectivity index (χ3n) is 9.04. The fourth-order valence-electron chi connectivity index (χ4n) is 6.64. The van der Waals surface area contributed by atoms with E-state index in [1.54, 1.807) is 44.4 Å². The molecular weight excluding hydrogens is 640 g/mol. The molecule has 1 unspecified atom stereocenters. The molecule has 3 atom stereocenters. The van der Waals surface area contributed by atoms with Gasteiger partial charge in [0.1, 0.15) is 11.4 Å². The molecule has 2 heterocycles. The van der Waals surface area contributed by atoms with Gasteiger partial charge >= 0.3 is 6.09 Å². The van der Waals surface area contributed by atoms with Crippen LogP contribution >= 0.6 is 0 Å². The van der Waals surface area contributed by atoms with Crippen molar-refractivity contribution in [1.29, 1.82) is 0 Å². The molecule has 1 saturated heterocycles. The maximum absolute atomic E-state index is 14.6. The number of carbonyl (C=O) groups is 4. The quantitative estimate of drug-likeness (QED) is 0.236. The lowest BCUT2D eigenvalue weighted by atomic mass is 9.87. The van der Waals surface area contributed by atoms with E-state index >= 15 is 0 Å². The van der Waals surface area contributed by atoms with Gasteiger partial charge in [-0.3, -0.25) is 14.4 Å². The fraction of sp³-hybridized carbons (Fsp3) is 0.737. The summed E-state index contributed by atoms with van der Waals surface area (Å²) in [6.45, 7) is 19.6. The Balaban J connectivity index is 1.63. The van der Waals surface area contributed by atoms with Crippen molar-refractivity contribution >= 4 is 35.2 Å². The molecule has 1 aromatic rings. The minimum atomic E-state index is -1.05. The highest BCUT2D eigenvalue weighted by Gasteiger charge is 2.45. The zero-order chi connectivity index (χ0) is 36.8. The maximum atomic E-state index is 14.6. The molecule has 50 heavy (non-hydrogen) atoms. The zero-order valence-corrected chi connectivity index (χ0v) is 31.7. The fourth-order valence-corrected chi connectivity index (χ4v) is 6.64. The molecule has 1 aromatic carbocycles. The molecule has 0 bridgehead atoms. The largest absolute Gasteiger partial charge is 0.476 e. The molecule has 0 spiro atoms. The van der Waals surface area contributed by atoms with E-state index < -0.39 is 29.1 Å². The summed E-state index contributed by atoms with van der Waals surface area (Å²) < 4.78 is 23.3. The van der Waals surface area contributed by atoms with Crippen LogP contribution in [0.3, 0.4) is 0 Å². The molecule has 2 fully saturated rings. The van der Waals surface area contributed by atoms with E-state index in [1.807, 2.05) is 32.0 Å². The first-order chi connectivity index (χ1) is 23.5. The second-order valence-electron chi connectivity index (χ2n) is 15.8. The van der Waals surface area contributed by atoms with E-state index in [1.165, 1.54) is 4.90 Å². The van der Waals surface area contributed by atoms with Crippen molar-refractivity contribution in [3.05, 3.63) is 18.2 Å². The van der Waals surface area contributed by atoms with Gasteiger partial charge in [-0.05, 0) is 97.8 Å². The summed E-state index contributed by atoms with van der Waals surface area (Å²) in [5.74, 6) is -0.895. The summed E-state index contributed by atoms with van der Waals surface area (Å²) in [5, 5.41) is 3.16. The molecule has 4 amide bonds. The van der Waals surface area contributed by atoms with Crippen molar-refractivity contribution in [3.8, 4) is 5.75 Å². The lowest BCUT2D eigenvalue weighted by Gasteiger charge is -2.40. The van der Waals surface area contributed by atoms with Crippen molar-refractivity contribution in [2.45, 2.75) is 118 Å². The van der Waals surface area contributed by atoms with Gasteiger partial charge in [-0.2, -0.15) is 0 Å². The van der Waals surface area contributed by atoms with Crippen LogP contribution in [0.4, 0.5) is 16.2 Å². The van der Waals surface area contributed by atoms with Crippen LogP contribution in [0.5, 0.6) is 5.75 Å². The summed E-state index contributed by atoms with van der Waals surface area (Å²) in [6, 6.07) is 5.32. The number of likely N-dealkylation sites (tertiary alicyclic amines) is 1. The van der Waals surface area contributed by atoms with Gasteiger partial charge in [0.05, 0.1) is 36.8 Å². The minimum absolute atomic E-state index is 0.0238. The minimum Gasteiger partial charge on any atom is -0.476 e. The molecule has 2 aliphatic heterocycles. The van der Waals surface area contributed by atoms with Crippen LogP contribution < -0.4 is 19.9 Å². The Morgan fingerprint density at radius 3 is 2.38 bits per heavy atom. The summed E-state index contributed by atoms with van der Waals surface area (Å²) in [6.07, 6.45) is 3.03. The van der Waals surface area contributed by atoms with Crippen LogP contribution in [0.25, 0.3) is 0 Å². The van der Waals surface area contributed by atoms with Gasteiger partial charge < -0.3 is 39.0 Å². The third-order valence-corrected chi connectivity index (χ3v) is 9.04. The molecular formula is C38H60N4O8. The lowest BCUT2D eigenvalue weighted by Crippen LogP contribution is -2.55. The third kappa shape index (κ3) is 10.3. The van der Waals surface area contributed by atoms with Crippen molar-refractivity contribution in [2.24, 2.45) is 17.8 Å². The van der Waals surface area contributed by atoms with E-state index in [4.69, 9.17) is 18.9 Å². The smallest absolute Gasteiger partial charge is 0.410 e. The Bertz CT molecular complexity index is 1350. The topological polar surface area (TPSA) is 127 Å². The highest BCUT2D eigenvalue weighted by Crippen LogP contribution is 2.43. The Kier molecular flexibility index (Phi) is 13.2. The normalized spacial score (nSPS) is 21.0. The SMILES string of the molecule is CCCOCCN1C(=O)C(C)(C)Oc2ccc(N(C(=O)[C@@H]3C[C@H](C(=O)NC(COCC)CC(C)C)CN(C(=O)OC(C)(C)C)C3)C3CC3)cc21. The highest BCUT2D eigenvalue weighted by molar-refractivity contribution is 6.04. The van der Waals surface area contributed by atoms with E-state index in [0.717, 1.165) is 25.7 Å². The number of nitrogens with zero attached hydrogens (tertiary/aromatic N) is 3. The molecule has 3 aliphatic rings. The number of hydrogen-bond acceptors (Lipinski definition) is 8. The Morgan fingerprint density at radius 1 is 1.06 bits per heavy atom. The number of hydrogen-bond donors (Lipinski definition) is 1. The monoisotopic (exact) mass is 700 g/mol. The van der Waals surface area contributed by atoms with Crippen LogP contribution in [-0.4, -0.2) is 98.1 Å². The van der Waals surface area contributed by atoms with Gasteiger partial charge in [-0.15, -0.1) is 0 Å². The first-order valence-electron chi connectivity index (χ1n) is 18.5. The number of piperidine rings is 1. The van der Waals surface area contributed by atoms with Crippen molar-refractivity contribution in [3.63, 3.8) is 0 Å². The number of nitrogens with one attached hydrogen (secondary N) is 1. The summed E-state index contributed by atoms with van der Waals surface area (Å²) in [4.78, 5) is 60.4. The molecule has 12 heteroatoms. The maximum Gasteiger partial charge on any atom is 0.410 e. The molecule has 1 N–H and O–H groups in total. The Morgan fingerprint density at radius 2 is 1.76 bits per heavy atom. The Labute approximate surface area is 298 Å². The summed E-state index contributed by atoms with van der Waals surface area (Å²) in [7, 11) is 0. The molecule has 0 radical (unpaired) electrons. The standard InChI is InChI=1S/C38H60N4O8/c1-10-17-48-18-16-41-31-21-30(14-15-32(31)49-38(8,9)35(41)45)42(29-12-13-29)34(44)27-20-26(22-40(23-27)36(46)50-37(5,6)7)33(43)39-28(19-25(3)4)24-47-11-2/h14-15,21,25-29H,10-13,16-20,22-24H2,1-9H3,(H,39,43)/t26-,27+,28?/m0/s1. The molecule has 1 aliphatic carbocycles. The van der Waals surface area contributed by atoms with Crippen LogP contribution in [-0.2, 0) is 28.6 Å². The zero-order valence-electron chi connectivity index (χ0n) is 31.7. The lowest BCUT2D eigenvalue weighted by molar-refractivity contribution is -0.133. The molecule has 280 valence electrons. The van der Waals surface area contributed by atoms with Gasteiger partial charge in [0.25, 0.3) is 5.91 Å². The summed E-state index contributed by atoms with van der Waals surface area (Å²) in [5.41, 5.74) is -0.551. The molecule has 4 rings (SSSR count). The first kappa shape index (κ1) is 39.4. The number of ether oxygens (including phenoxy) is 4. The number of fused-ring (bicyclic) bond motifs is 1. The van der Waals surface area contributed by atoms with Gasteiger partial charge in [-0.1, -0.05) is 20.8 Å². The number of amides is 4. The van der Waals surface area contributed by atoms with E-state index in [2.05, 4.69) is 19.2 Å².